The maximum atomic E-state index is 12.4. The van der Waals surface area contributed by atoms with Gasteiger partial charge in [0.15, 0.2) is 11.5 Å². The number of ether oxygens (including phenoxy) is 2. The second kappa shape index (κ2) is 8.22. The van der Waals surface area contributed by atoms with Crippen molar-refractivity contribution in [2.75, 3.05) is 19.5 Å². The lowest BCUT2D eigenvalue weighted by molar-refractivity contribution is -0.112. The second-order valence-electron chi connectivity index (χ2n) is 4.87. The van der Waals surface area contributed by atoms with Gasteiger partial charge in [0.05, 0.1) is 19.9 Å². The molecule has 0 atom stereocenters. The molecule has 0 radical (unpaired) electrons. The van der Waals surface area contributed by atoms with E-state index in [1.165, 1.54) is 32.4 Å². The summed E-state index contributed by atoms with van der Waals surface area (Å²) in [5, 5.41) is 21.7. The Labute approximate surface area is 153 Å². The van der Waals surface area contributed by atoms with Crippen LogP contribution in [0.5, 0.6) is 17.2 Å². The molecule has 0 aliphatic heterocycles. The Morgan fingerprint density at radius 1 is 1.24 bits per heavy atom. The van der Waals surface area contributed by atoms with Gasteiger partial charge in [0.25, 0.3) is 5.91 Å². The number of rotatable bonds is 5. The van der Waals surface area contributed by atoms with Gasteiger partial charge in [0.2, 0.25) is 0 Å². The fourth-order valence-electron chi connectivity index (χ4n) is 2.07. The average Bonchev–Trinajstić information content (AvgIpc) is 2.61. The summed E-state index contributed by atoms with van der Waals surface area (Å²) in [6.45, 7) is 0. The SMILES string of the molecule is COc1cc(/C=C(/C#N)C(=O)Nc2ccccc2OC)c(Br)cc1O. The van der Waals surface area contributed by atoms with E-state index in [1.807, 2.05) is 6.07 Å². The van der Waals surface area contributed by atoms with Gasteiger partial charge in [-0.05, 0) is 35.9 Å². The monoisotopic (exact) mass is 402 g/mol. The summed E-state index contributed by atoms with van der Waals surface area (Å²) in [6.07, 6.45) is 1.40. The highest BCUT2D eigenvalue weighted by Crippen LogP contribution is 2.33. The lowest BCUT2D eigenvalue weighted by Crippen LogP contribution is -2.14. The van der Waals surface area contributed by atoms with E-state index >= 15 is 0 Å². The molecule has 2 aromatic rings. The van der Waals surface area contributed by atoms with Crippen molar-refractivity contribution in [3.63, 3.8) is 0 Å². The molecular weight excluding hydrogens is 388 g/mol. The summed E-state index contributed by atoms with van der Waals surface area (Å²) in [4.78, 5) is 12.4. The minimum Gasteiger partial charge on any atom is -0.504 e. The lowest BCUT2D eigenvalue weighted by atomic mass is 10.1. The van der Waals surface area contributed by atoms with Crippen LogP contribution in [0.4, 0.5) is 5.69 Å². The molecule has 7 heteroatoms. The van der Waals surface area contributed by atoms with Gasteiger partial charge < -0.3 is 19.9 Å². The zero-order valence-electron chi connectivity index (χ0n) is 13.5. The molecule has 0 bridgehead atoms. The topological polar surface area (TPSA) is 91.6 Å². The smallest absolute Gasteiger partial charge is 0.266 e. The second-order valence-corrected chi connectivity index (χ2v) is 5.72. The fourth-order valence-corrected chi connectivity index (χ4v) is 2.52. The first-order valence-electron chi connectivity index (χ1n) is 7.12. The quantitative estimate of drug-likeness (QED) is 0.587. The lowest BCUT2D eigenvalue weighted by Gasteiger charge is -2.10. The highest BCUT2D eigenvalue weighted by molar-refractivity contribution is 9.10. The van der Waals surface area contributed by atoms with Crippen molar-refractivity contribution in [1.82, 2.24) is 0 Å². The Morgan fingerprint density at radius 3 is 2.56 bits per heavy atom. The Bertz CT molecular complexity index is 872. The van der Waals surface area contributed by atoms with Crippen molar-refractivity contribution in [2.45, 2.75) is 0 Å². The number of phenolic OH excluding ortho intramolecular Hbond substituents is 1. The summed E-state index contributed by atoms with van der Waals surface area (Å²) in [5.74, 6) is 0.0898. The van der Waals surface area contributed by atoms with E-state index in [0.717, 1.165) is 0 Å². The minimum absolute atomic E-state index is 0.0523. The van der Waals surface area contributed by atoms with Crippen LogP contribution < -0.4 is 14.8 Å². The van der Waals surface area contributed by atoms with Crippen LogP contribution in [0.15, 0.2) is 46.4 Å². The third kappa shape index (κ3) is 4.31. The number of amides is 1. The number of aromatic hydroxyl groups is 1. The number of nitriles is 1. The first-order chi connectivity index (χ1) is 12.0. The van der Waals surface area contributed by atoms with Crippen molar-refractivity contribution in [3.8, 4) is 23.3 Å². The number of benzene rings is 2. The van der Waals surface area contributed by atoms with Crippen molar-refractivity contribution in [3.05, 3.63) is 52.0 Å². The summed E-state index contributed by atoms with van der Waals surface area (Å²) >= 11 is 3.29. The van der Waals surface area contributed by atoms with Gasteiger partial charge in [-0.15, -0.1) is 0 Å². The van der Waals surface area contributed by atoms with E-state index in [4.69, 9.17) is 9.47 Å². The molecule has 0 unspecified atom stereocenters. The molecule has 2 rings (SSSR count). The summed E-state index contributed by atoms with van der Waals surface area (Å²) in [7, 11) is 2.90. The van der Waals surface area contributed by atoms with E-state index < -0.39 is 5.91 Å². The molecule has 0 heterocycles. The third-order valence-corrected chi connectivity index (χ3v) is 4.01. The highest BCUT2D eigenvalue weighted by Gasteiger charge is 2.14. The van der Waals surface area contributed by atoms with Crippen molar-refractivity contribution in [1.29, 1.82) is 5.26 Å². The van der Waals surface area contributed by atoms with Crippen LogP contribution in [0.3, 0.4) is 0 Å². The molecule has 0 saturated heterocycles. The van der Waals surface area contributed by atoms with E-state index in [0.29, 0.717) is 21.5 Å². The maximum Gasteiger partial charge on any atom is 0.266 e. The number of phenols is 1. The number of hydrogen-bond donors (Lipinski definition) is 2. The average molecular weight is 403 g/mol. The van der Waals surface area contributed by atoms with Gasteiger partial charge in [-0.25, -0.2) is 0 Å². The molecule has 2 aromatic carbocycles. The minimum atomic E-state index is -0.578. The van der Waals surface area contributed by atoms with Crippen LogP contribution in [0.2, 0.25) is 0 Å². The number of carbonyl (C=O) groups excluding carboxylic acids is 1. The van der Waals surface area contributed by atoms with E-state index in [2.05, 4.69) is 21.2 Å². The van der Waals surface area contributed by atoms with E-state index in [1.54, 1.807) is 24.3 Å². The zero-order chi connectivity index (χ0) is 18.4. The summed E-state index contributed by atoms with van der Waals surface area (Å²) in [6, 6.07) is 11.7. The van der Waals surface area contributed by atoms with Gasteiger partial charge in [0, 0.05) is 4.47 Å². The summed E-state index contributed by atoms with van der Waals surface area (Å²) in [5.41, 5.74) is 0.860. The molecule has 0 spiro atoms. The van der Waals surface area contributed by atoms with Crippen LogP contribution in [-0.2, 0) is 4.79 Å². The van der Waals surface area contributed by atoms with Crippen LogP contribution in [0.1, 0.15) is 5.56 Å². The summed E-state index contributed by atoms with van der Waals surface area (Å²) < 4.78 is 10.7. The molecule has 0 saturated carbocycles. The molecular formula is C18H15BrN2O4. The largest absolute Gasteiger partial charge is 0.504 e. The normalized spacial score (nSPS) is 10.7. The van der Waals surface area contributed by atoms with Crippen LogP contribution in [0, 0.1) is 11.3 Å². The number of nitrogens with zero attached hydrogens (tertiary/aromatic N) is 1. The van der Waals surface area contributed by atoms with Crippen LogP contribution in [-0.4, -0.2) is 25.2 Å². The molecule has 6 nitrogen and oxygen atoms in total. The maximum absolute atomic E-state index is 12.4. The molecule has 128 valence electrons. The molecule has 1 amide bonds. The predicted octanol–water partition coefficient (Wildman–Crippen LogP) is 3.72. The van der Waals surface area contributed by atoms with Crippen LogP contribution >= 0.6 is 15.9 Å². The van der Waals surface area contributed by atoms with E-state index in [9.17, 15) is 15.2 Å². The van der Waals surface area contributed by atoms with Gasteiger partial charge in [-0.2, -0.15) is 5.26 Å². The molecule has 0 fully saturated rings. The van der Waals surface area contributed by atoms with Crippen molar-refractivity contribution in [2.24, 2.45) is 0 Å². The Kier molecular flexibility index (Phi) is 6.03. The fraction of sp³-hybridized carbons (Fsp3) is 0.111. The number of para-hydroxylation sites is 2. The molecule has 0 aliphatic carbocycles. The first-order valence-corrected chi connectivity index (χ1v) is 7.92. The number of nitrogens with one attached hydrogen (secondary N) is 1. The van der Waals surface area contributed by atoms with Gasteiger partial charge in [0.1, 0.15) is 17.4 Å². The molecule has 25 heavy (non-hydrogen) atoms. The van der Waals surface area contributed by atoms with Crippen LogP contribution in [0.25, 0.3) is 6.08 Å². The Hall–Kier alpha value is -2.98. The van der Waals surface area contributed by atoms with Crippen molar-refractivity contribution >= 4 is 33.6 Å². The van der Waals surface area contributed by atoms with Gasteiger partial charge in [-0.3, -0.25) is 4.79 Å². The number of anilines is 1. The highest BCUT2D eigenvalue weighted by atomic mass is 79.9. The number of hydrogen-bond acceptors (Lipinski definition) is 5. The van der Waals surface area contributed by atoms with Gasteiger partial charge >= 0.3 is 0 Å². The van der Waals surface area contributed by atoms with Gasteiger partial charge in [-0.1, -0.05) is 28.1 Å². The number of methoxy groups -OCH3 is 2. The number of halogens is 1. The first kappa shape index (κ1) is 18.4. The number of carbonyl (C=O) groups is 1. The van der Waals surface area contributed by atoms with E-state index in [-0.39, 0.29) is 17.1 Å². The zero-order valence-corrected chi connectivity index (χ0v) is 15.1. The third-order valence-electron chi connectivity index (χ3n) is 3.32. The van der Waals surface area contributed by atoms with Crippen molar-refractivity contribution < 1.29 is 19.4 Å². The predicted molar refractivity (Wildman–Crippen MR) is 97.6 cm³/mol. The molecule has 0 aliphatic rings. The Balaban J connectivity index is 2.35. The molecule has 2 N–H and O–H groups in total. The molecule has 0 aromatic heterocycles. The standard InChI is InChI=1S/C18H15BrN2O4/c1-24-16-6-4-3-5-14(16)21-18(23)12(10-20)7-11-8-17(25-2)15(22)9-13(11)19/h3-9,22H,1-2H3,(H,21,23)/b12-7-. The Morgan fingerprint density at radius 2 is 1.92 bits per heavy atom.